The molecule has 0 amide bonds. The Morgan fingerprint density at radius 1 is 1.13 bits per heavy atom. The minimum absolute atomic E-state index is 0.440. The minimum Gasteiger partial charge on any atom is -0.329 e. The van der Waals surface area contributed by atoms with Crippen molar-refractivity contribution in [3.05, 3.63) is 35.9 Å². The van der Waals surface area contributed by atoms with Crippen LogP contribution >= 0.6 is 0 Å². The first-order chi connectivity index (χ1) is 7.16. The highest BCUT2D eigenvalue weighted by molar-refractivity contribution is 5.18. The molecule has 1 aromatic rings. The highest BCUT2D eigenvalue weighted by Crippen LogP contribution is 2.21. The number of benzene rings is 1. The van der Waals surface area contributed by atoms with Gasteiger partial charge < -0.3 is 5.73 Å². The molecule has 1 unspecified atom stereocenters. The maximum atomic E-state index is 5.64. The van der Waals surface area contributed by atoms with Gasteiger partial charge in [-0.2, -0.15) is 0 Å². The number of rotatable bonds is 5. The lowest BCUT2D eigenvalue weighted by Crippen LogP contribution is -2.37. The predicted octanol–water partition coefficient (Wildman–Crippen LogP) is 2.42. The summed E-state index contributed by atoms with van der Waals surface area (Å²) in [6.07, 6.45) is 0. The van der Waals surface area contributed by atoms with Crippen LogP contribution in [0, 0.1) is 0 Å². The molecule has 2 N–H and O–H groups in total. The molecule has 0 radical (unpaired) electrons. The monoisotopic (exact) mass is 206 g/mol. The van der Waals surface area contributed by atoms with Crippen LogP contribution in [0.2, 0.25) is 0 Å². The highest BCUT2D eigenvalue weighted by atomic mass is 15.2. The van der Waals surface area contributed by atoms with E-state index in [9.17, 15) is 0 Å². The van der Waals surface area contributed by atoms with Gasteiger partial charge in [0.15, 0.2) is 0 Å². The van der Waals surface area contributed by atoms with Gasteiger partial charge in [0, 0.05) is 25.2 Å². The van der Waals surface area contributed by atoms with Crippen LogP contribution in [0.25, 0.3) is 0 Å². The molecule has 0 aliphatic rings. The Kier molecular flexibility index (Phi) is 4.79. The van der Waals surface area contributed by atoms with Crippen LogP contribution in [-0.4, -0.2) is 24.0 Å². The maximum absolute atomic E-state index is 5.64. The third-order valence-electron chi connectivity index (χ3n) is 2.83. The average Bonchev–Trinajstić information content (AvgIpc) is 2.26. The second-order valence-corrected chi connectivity index (χ2v) is 4.21. The smallest absolute Gasteiger partial charge is 0.0323 e. The fraction of sp³-hybridized carbons (Fsp3) is 0.538. The van der Waals surface area contributed by atoms with Crippen molar-refractivity contribution in [3.63, 3.8) is 0 Å². The van der Waals surface area contributed by atoms with Gasteiger partial charge in [-0.1, -0.05) is 30.3 Å². The molecule has 1 aromatic carbocycles. The Bertz CT molecular complexity index is 269. The second-order valence-electron chi connectivity index (χ2n) is 4.21. The van der Waals surface area contributed by atoms with Crippen molar-refractivity contribution in [2.45, 2.75) is 32.9 Å². The van der Waals surface area contributed by atoms with E-state index in [-0.39, 0.29) is 0 Å². The third kappa shape index (κ3) is 3.33. The van der Waals surface area contributed by atoms with E-state index in [2.05, 4.69) is 56.0 Å². The average molecular weight is 206 g/mol. The summed E-state index contributed by atoms with van der Waals surface area (Å²) in [5, 5.41) is 0. The summed E-state index contributed by atoms with van der Waals surface area (Å²) in [5.74, 6) is 0. The topological polar surface area (TPSA) is 29.3 Å². The second kappa shape index (κ2) is 5.89. The van der Waals surface area contributed by atoms with Crippen LogP contribution in [0.1, 0.15) is 32.4 Å². The molecule has 0 spiro atoms. The first-order valence-corrected chi connectivity index (χ1v) is 5.67. The van der Waals surface area contributed by atoms with E-state index in [1.165, 1.54) is 5.56 Å². The molecule has 2 heteroatoms. The van der Waals surface area contributed by atoms with Gasteiger partial charge in [0.1, 0.15) is 0 Å². The minimum atomic E-state index is 0.440. The number of hydrogen-bond acceptors (Lipinski definition) is 2. The van der Waals surface area contributed by atoms with E-state index < -0.39 is 0 Å². The summed E-state index contributed by atoms with van der Waals surface area (Å²) in [7, 11) is 0. The number of nitrogens with zero attached hydrogens (tertiary/aromatic N) is 1. The predicted molar refractivity (Wildman–Crippen MR) is 65.8 cm³/mol. The Labute approximate surface area is 93.1 Å². The van der Waals surface area contributed by atoms with Crippen LogP contribution in [0.5, 0.6) is 0 Å². The molecule has 15 heavy (non-hydrogen) atoms. The largest absolute Gasteiger partial charge is 0.329 e. The van der Waals surface area contributed by atoms with E-state index in [1.807, 2.05) is 0 Å². The SMILES string of the molecule is CC(C)N(CCN)C(C)c1ccccc1. The van der Waals surface area contributed by atoms with Crippen molar-refractivity contribution in [2.75, 3.05) is 13.1 Å². The van der Waals surface area contributed by atoms with E-state index >= 15 is 0 Å². The summed E-state index contributed by atoms with van der Waals surface area (Å²) < 4.78 is 0. The van der Waals surface area contributed by atoms with Crippen LogP contribution in [0.3, 0.4) is 0 Å². The molecule has 0 fully saturated rings. The molecule has 84 valence electrons. The van der Waals surface area contributed by atoms with E-state index in [1.54, 1.807) is 0 Å². The quantitative estimate of drug-likeness (QED) is 0.801. The number of hydrogen-bond donors (Lipinski definition) is 1. The summed E-state index contributed by atoms with van der Waals surface area (Å²) >= 11 is 0. The molecule has 0 aliphatic heterocycles. The molecule has 0 aromatic heterocycles. The highest BCUT2D eigenvalue weighted by Gasteiger charge is 2.17. The van der Waals surface area contributed by atoms with Crippen LogP contribution in [0.15, 0.2) is 30.3 Å². The van der Waals surface area contributed by atoms with Crippen molar-refractivity contribution in [2.24, 2.45) is 5.73 Å². The fourth-order valence-corrected chi connectivity index (χ4v) is 1.97. The van der Waals surface area contributed by atoms with Gasteiger partial charge >= 0.3 is 0 Å². The van der Waals surface area contributed by atoms with E-state index in [0.29, 0.717) is 12.1 Å². The van der Waals surface area contributed by atoms with Crippen molar-refractivity contribution < 1.29 is 0 Å². The Morgan fingerprint density at radius 3 is 2.20 bits per heavy atom. The fourth-order valence-electron chi connectivity index (χ4n) is 1.97. The third-order valence-corrected chi connectivity index (χ3v) is 2.83. The van der Waals surface area contributed by atoms with Gasteiger partial charge in [-0.3, -0.25) is 4.90 Å². The van der Waals surface area contributed by atoms with Crippen molar-refractivity contribution in [1.29, 1.82) is 0 Å². The molecule has 0 saturated carbocycles. The van der Waals surface area contributed by atoms with Crippen molar-refractivity contribution >= 4 is 0 Å². The molecule has 1 rings (SSSR count). The molecule has 2 nitrogen and oxygen atoms in total. The molecule has 0 bridgehead atoms. The van der Waals surface area contributed by atoms with Gasteiger partial charge in [-0.05, 0) is 26.3 Å². The Morgan fingerprint density at radius 2 is 1.73 bits per heavy atom. The zero-order valence-electron chi connectivity index (χ0n) is 9.98. The first kappa shape index (κ1) is 12.2. The molecule has 0 heterocycles. The van der Waals surface area contributed by atoms with Crippen LogP contribution in [-0.2, 0) is 0 Å². The van der Waals surface area contributed by atoms with Gasteiger partial charge in [0.25, 0.3) is 0 Å². The summed E-state index contributed by atoms with van der Waals surface area (Å²) in [6.45, 7) is 8.35. The van der Waals surface area contributed by atoms with Crippen molar-refractivity contribution in [3.8, 4) is 0 Å². The standard InChI is InChI=1S/C13H22N2/c1-11(2)15(10-9-14)12(3)13-7-5-4-6-8-13/h4-8,11-12H,9-10,14H2,1-3H3. The first-order valence-electron chi connectivity index (χ1n) is 5.67. The van der Waals surface area contributed by atoms with Gasteiger partial charge in [-0.25, -0.2) is 0 Å². The zero-order chi connectivity index (χ0) is 11.3. The lowest BCUT2D eigenvalue weighted by molar-refractivity contribution is 0.170. The molecular formula is C13H22N2. The van der Waals surface area contributed by atoms with Crippen LogP contribution in [0.4, 0.5) is 0 Å². The molecule has 0 saturated heterocycles. The van der Waals surface area contributed by atoms with Gasteiger partial charge in [0.2, 0.25) is 0 Å². The van der Waals surface area contributed by atoms with E-state index in [0.717, 1.165) is 13.1 Å². The van der Waals surface area contributed by atoms with E-state index in [4.69, 9.17) is 5.73 Å². The Balaban J connectivity index is 2.76. The molecule has 0 aliphatic carbocycles. The molecule has 1 atom stereocenters. The van der Waals surface area contributed by atoms with Gasteiger partial charge in [-0.15, -0.1) is 0 Å². The zero-order valence-corrected chi connectivity index (χ0v) is 9.98. The number of nitrogens with two attached hydrogens (primary N) is 1. The normalized spacial score (nSPS) is 13.5. The summed E-state index contributed by atoms with van der Waals surface area (Å²) in [4.78, 5) is 2.43. The lowest BCUT2D eigenvalue weighted by atomic mass is 10.1. The lowest BCUT2D eigenvalue weighted by Gasteiger charge is -2.32. The van der Waals surface area contributed by atoms with Gasteiger partial charge in [0.05, 0.1) is 0 Å². The maximum Gasteiger partial charge on any atom is 0.0323 e. The molecular weight excluding hydrogens is 184 g/mol. The van der Waals surface area contributed by atoms with Crippen LogP contribution < -0.4 is 5.73 Å². The van der Waals surface area contributed by atoms with Crippen molar-refractivity contribution in [1.82, 2.24) is 4.90 Å². The summed E-state index contributed by atoms with van der Waals surface area (Å²) in [6, 6.07) is 11.6. The Hall–Kier alpha value is -0.860. The summed E-state index contributed by atoms with van der Waals surface area (Å²) in [5.41, 5.74) is 7.00.